The lowest BCUT2D eigenvalue weighted by molar-refractivity contribution is 0.903. The van der Waals surface area contributed by atoms with E-state index in [9.17, 15) is 0 Å². The molecule has 0 atom stereocenters. The van der Waals surface area contributed by atoms with Crippen LogP contribution in [0, 0.1) is 27.7 Å². The van der Waals surface area contributed by atoms with E-state index in [1.807, 2.05) is 13.1 Å². The maximum absolute atomic E-state index is 5.10. The summed E-state index contributed by atoms with van der Waals surface area (Å²) in [5.74, 6) is 0. The van der Waals surface area contributed by atoms with Crippen molar-refractivity contribution in [2.45, 2.75) is 34.6 Å². The molecule has 0 saturated heterocycles. The Labute approximate surface area is 143 Å². The van der Waals surface area contributed by atoms with Crippen LogP contribution in [0.2, 0.25) is 0 Å². The van der Waals surface area contributed by atoms with Gasteiger partial charge >= 0.3 is 0 Å². The molecular formula is C18H24N4S. The number of aryl methyl sites for hydroxylation is 3. The van der Waals surface area contributed by atoms with E-state index in [1.165, 1.54) is 22.5 Å². The van der Waals surface area contributed by atoms with E-state index in [2.05, 4.69) is 72.4 Å². The summed E-state index contributed by atoms with van der Waals surface area (Å²) in [5, 5.41) is 7.75. The fourth-order valence-corrected chi connectivity index (χ4v) is 2.95. The molecule has 0 amide bonds. The van der Waals surface area contributed by atoms with Gasteiger partial charge in [0.25, 0.3) is 0 Å². The molecule has 0 aliphatic carbocycles. The van der Waals surface area contributed by atoms with Gasteiger partial charge in [0.05, 0.1) is 6.21 Å². The van der Waals surface area contributed by atoms with Gasteiger partial charge < -0.3 is 9.88 Å². The molecule has 1 heterocycles. The van der Waals surface area contributed by atoms with Gasteiger partial charge in [-0.2, -0.15) is 5.10 Å². The highest BCUT2D eigenvalue weighted by Gasteiger charge is 2.10. The number of nitrogens with zero attached hydrogens (tertiary/aromatic N) is 2. The number of rotatable bonds is 4. The molecule has 23 heavy (non-hydrogen) atoms. The van der Waals surface area contributed by atoms with E-state index >= 15 is 0 Å². The van der Waals surface area contributed by atoms with Crippen LogP contribution < -0.4 is 10.7 Å². The van der Waals surface area contributed by atoms with Crippen LogP contribution in [0.5, 0.6) is 0 Å². The van der Waals surface area contributed by atoms with E-state index in [0.717, 1.165) is 17.8 Å². The van der Waals surface area contributed by atoms with Crippen molar-refractivity contribution >= 4 is 23.5 Å². The van der Waals surface area contributed by atoms with Gasteiger partial charge in [-0.15, -0.1) is 0 Å². The second kappa shape index (κ2) is 7.42. The molecule has 5 heteroatoms. The molecule has 2 rings (SSSR count). The van der Waals surface area contributed by atoms with Gasteiger partial charge in [0.1, 0.15) is 0 Å². The fourth-order valence-electron chi connectivity index (χ4n) is 2.76. The number of aromatic nitrogens is 1. The SMILES string of the molecule is CCNC(=S)N/N=C\c1cc(C)n(-c2cc(C)cc(C)c2)c1C. The Kier molecular flexibility index (Phi) is 5.55. The first-order valence-electron chi connectivity index (χ1n) is 7.77. The molecule has 2 N–H and O–H groups in total. The monoisotopic (exact) mass is 328 g/mol. The summed E-state index contributed by atoms with van der Waals surface area (Å²) in [6.45, 7) is 11.2. The highest BCUT2D eigenvalue weighted by Crippen LogP contribution is 2.21. The van der Waals surface area contributed by atoms with E-state index in [-0.39, 0.29) is 0 Å². The lowest BCUT2D eigenvalue weighted by atomic mass is 10.1. The highest BCUT2D eigenvalue weighted by atomic mass is 32.1. The third-order valence-electron chi connectivity index (χ3n) is 3.64. The van der Waals surface area contributed by atoms with E-state index in [0.29, 0.717) is 5.11 Å². The Bertz CT molecular complexity index is 723. The van der Waals surface area contributed by atoms with Crippen molar-refractivity contribution in [3.05, 3.63) is 52.3 Å². The van der Waals surface area contributed by atoms with Gasteiger partial charge in [-0.3, -0.25) is 5.43 Å². The van der Waals surface area contributed by atoms with E-state index < -0.39 is 0 Å². The van der Waals surface area contributed by atoms with Gasteiger partial charge in [-0.25, -0.2) is 0 Å². The van der Waals surface area contributed by atoms with Gasteiger partial charge in [0.2, 0.25) is 0 Å². The molecule has 1 aromatic heterocycles. The van der Waals surface area contributed by atoms with Crippen LogP contribution in [-0.2, 0) is 0 Å². The van der Waals surface area contributed by atoms with Crippen molar-refractivity contribution in [3.8, 4) is 5.69 Å². The number of hydrogen-bond acceptors (Lipinski definition) is 2. The molecular weight excluding hydrogens is 304 g/mol. The van der Waals surface area contributed by atoms with Crippen molar-refractivity contribution in [2.75, 3.05) is 6.54 Å². The van der Waals surface area contributed by atoms with Crippen LogP contribution in [-0.4, -0.2) is 22.4 Å². The van der Waals surface area contributed by atoms with E-state index in [1.54, 1.807) is 0 Å². The van der Waals surface area contributed by atoms with Gasteiger partial charge in [-0.05, 0) is 76.2 Å². The molecule has 0 bridgehead atoms. The maximum atomic E-state index is 5.10. The number of hydrogen-bond donors (Lipinski definition) is 2. The standard InChI is InChI=1S/C18H24N4S/c1-6-19-18(23)21-20-11-16-10-14(4)22(15(16)5)17-8-12(2)7-13(3)9-17/h7-11H,6H2,1-5H3,(H2,19,21,23)/b20-11-. The first-order valence-corrected chi connectivity index (χ1v) is 8.17. The number of hydrazone groups is 1. The molecule has 0 saturated carbocycles. The van der Waals surface area contributed by atoms with Crippen molar-refractivity contribution in [1.82, 2.24) is 15.3 Å². The summed E-state index contributed by atoms with van der Waals surface area (Å²) < 4.78 is 2.25. The zero-order valence-corrected chi connectivity index (χ0v) is 15.2. The average molecular weight is 328 g/mol. The smallest absolute Gasteiger partial charge is 0.186 e. The largest absolute Gasteiger partial charge is 0.362 e. The van der Waals surface area contributed by atoms with Crippen LogP contribution in [0.1, 0.15) is 35.0 Å². The minimum atomic E-state index is 0.534. The summed E-state index contributed by atoms with van der Waals surface area (Å²) >= 11 is 5.10. The molecule has 122 valence electrons. The second-order valence-electron chi connectivity index (χ2n) is 5.74. The first kappa shape index (κ1) is 17.2. The second-order valence-corrected chi connectivity index (χ2v) is 6.15. The minimum absolute atomic E-state index is 0.534. The topological polar surface area (TPSA) is 41.4 Å². The Morgan fingerprint density at radius 2 is 1.78 bits per heavy atom. The summed E-state index contributed by atoms with van der Waals surface area (Å²) in [7, 11) is 0. The summed E-state index contributed by atoms with van der Waals surface area (Å²) in [4.78, 5) is 0. The third kappa shape index (κ3) is 4.20. The van der Waals surface area contributed by atoms with Crippen LogP contribution >= 0.6 is 12.2 Å². The lowest BCUT2D eigenvalue weighted by Gasteiger charge is -2.11. The molecule has 1 aromatic carbocycles. The van der Waals surface area contributed by atoms with Gasteiger partial charge in [0.15, 0.2) is 5.11 Å². The molecule has 2 aromatic rings. The van der Waals surface area contributed by atoms with Crippen molar-refractivity contribution < 1.29 is 0 Å². The lowest BCUT2D eigenvalue weighted by Crippen LogP contribution is -2.31. The molecule has 0 radical (unpaired) electrons. The molecule has 4 nitrogen and oxygen atoms in total. The van der Waals surface area contributed by atoms with Crippen molar-refractivity contribution in [3.63, 3.8) is 0 Å². The van der Waals surface area contributed by atoms with Crippen LogP contribution in [0.25, 0.3) is 5.69 Å². The Morgan fingerprint density at radius 3 is 2.39 bits per heavy atom. The van der Waals surface area contributed by atoms with Crippen LogP contribution in [0.15, 0.2) is 29.4 Å². The van der Waals surface area contributed by atoms with Crippen LogP contribution in [0.4, 0.5) is 0 Å². The van der Waals surface area contributed by atoms with Crippen molar-refractivity contribution in [1.29, 1.82) is 0 Å². The van der Waals surface area contributed by atoms with Crippen molar-refractivity contribution in [2.24, 2.45) is 5.10 Å². The minimum Gasteiger partial charge on any atom is -0.362 e. The number of benzene rings is 1. The predicted octanol–water partition coefficient (Wildman–Crippen LogP) is 3.53. The average Bonchev–Trinajstić information content (AvgIpc) is 2.72. The maximum Gasteiger partial charge on any atom is 0.186 e. The third-order valence-corrected chi connectivity index (χ3v) is 3.88. The Balaban J connectivity index is 2.29. The summed E-state index contributed by atoms with van der Waals surface area (Å²) in [6, 6.07) is 8.72. The quantitative estimate of drug-likeness (QED) is 0.512. The Morgan fingerprint density at radius 1 is 1.13 bits per heavy atom. The zero-order valence-electron chi connectivity index (χ0n) is 14.4. The first-order chi connectivity index (χ1) is 10.9. The molecule has 0 spiro atoms. The fraction of sp³-hybridized carbons (Fsp3) is 0.333. The highest BCUT2D eigenvalue weighted by molar-refractivity contribution is 7.80. The summed E-state index contributed by atoms with van der Waals surface area (Å²) in [5.41, 5.74) is 9.96. The predicted molar refractivity (Wildman–Crippen MR) is 102 cm³/mol. The molecule has 0 aliphatic heterocycles. The van der Waals surface area contributed by atoms with Gasteiger partial charge in [0, 0.05) is 29.2 Å². The zero-order chi connectivity index (χ0) is 17.0. The van der Waals surface area contributed by atoms with Crippen LogP contribution in [0.3, 0.4) is 0 Å². The Hall–Kier alpha value is -2.14. The number of nitrogens with one attached hydrogen (secondary N) is 2. The van der Waals surface area contributed by atoms with E-state index in [4.69, 9.17) is 12.2 Å². The molecule has 0 fully saturated rings. The molecule has 0 unspecified atom stereocenters. The summed E-state index contributed by atoms with van der Waals surface area (Å²) in [6.07, 6.45) is 1.81. The number of thiocarbonyl (C=S) groups is 1. The normalized spacial score (nSPS) is 11.0. The van der Waals surface area contributed by atoms with Gasteiger partial charge in [-0.1, -0.05) is 6.07 Å². The molecule has 0 aliphatic rings.